The van der Waals surface area contributed by atoms with Crippen LogP contribution in [-0.2, 0) is 4.79 Å². The number of hydrogen-bond donors (Lipinski definition) is 1. The lowest BCUT2D eigenvalue weighted by molar-refractivity contribution is -0.117. The van der Waals surface area contributed by atoms with Gasteiger partial charge in [-0.3, -0.25) is 14.6 Å². The lowest BCUT2D eigenvalue weighted by Gasteiger charge is -2.37. The molecule has 1 saturated heterocycles. The predicted octanol–water partition coefficient (Wildman–Crippen LogP) is 3.16. The molecule has 2 aliphatic rings. The summed E-state index contributed by atoms with van der Waals surface area (Å²) < 4.78 is 5.32. The molecule has 1 N–H and O–H groups in total. The number of ether oxygens (including phenoxy) is 1. The van der Waals surface area contributed by atoms with Gasteiger partial charge >= 0.3 is 0 Å². The van der Waals surface area contributed by atoms with Gasteiger partial charge in [0.25, 0.3) is 0 Å². The van der Waals surface area contributed by atoms with Crippen molar-refractivity contribution < 1.29 is 9.53 Å². The first kappa shape index (κ1) is 18.5. The standard InChI is InChI=1S/C19H28ClN3O2/c1-14-11-17(18(25-2)12-16(14)20)21-19(24)13-22-7-9-23(10-8-22)15-5-3-4-6-15/h11-12,15H,3-10,13H2,1-2H3,(H,21,24). The smallest absolute Gasteiger partial charge is 0.238 e. The highest BCUT2D eigenvalue weighted by Crippen LogP contribution is 2.31. The van der Waals surface area contributed by atoms with Crippen LogP contribution in [0.2, 0.25) is 5.02 Å². The second-order valence-electron chi connectivity index (χ2n) is 7.10. The second kappa shape index (κ2) is 8.39. The Morgan fingerprint density at radius 1 is 1.24 bits per heavy atom. The summed E-state index contributed by atoms with van der Waals surface area (Å²) in [7, 11) is 1.58. The SMILES string of the molecule is COc1cc(Cl)c(C)cc1NC(=O)CN1CCN(C2CCCC2)CC1. The molecule has 2 fully saturated rings. The summed E-state index contributed by atoms with van der Waals surface area (Å²) in [4.78, 5) is 17.3. The van der Waals surface area contributed by atoms with Gasteiger partial charge in [0.15, 0.2) is 0 Å². The van der Waals surface area contributed by atoms with Gasteiger partial charge in [0, 0.05) is 43.3 Å². The first-order valence-corrected chi connectivity index (χ1v) is 9.55. The molecule has 138 valence electrons. The number of halogens is 1. The van der Waals surface area contributed by atoms with Gasteiger partial charge in [-0.1, -0.05) is 24.4 Å². The highest BCUT2D eigenvalue weighted by atomic mass is 35.5. The van der Waals surface area contributed by atoms with E-state index in [1.54, 1.807) is 13.2 Å². The Kier molecular flexibility index (Phi) is 6.20. The molecule has 1 saturated carbocycles. The van der Waals surface area contributed by atoms with E-state index in [1.807, 2.05) is 13.0 Å². The summed E-state index contributed by atoms with van der Waals surface area (Å²) in [6.07, 6.45) is 5.43. The Labute approximate surface area is 155 Å². The molecular weight excluding hydrogens is 338 g/mol. The van der Waals surface area contributed by atoms with Crippen molar-refractivity contribution in [2.45, 2.75) is 38.6 Å². The van der Waals surface area contributed by atoms with Crippen LogP contribution in [0, 0.1) is 6.92 Å². The van der Waals surface area contributed by atoms with Crippen LogP contribution in [0.1, 0.15) is 31.2 Å². The summed E-state index contributed by atoms with van der Waals surface area (Å²) in [5.41, 5.74) is 1.60. The first-order valence-electron chi connectivity index (χ1n) is 9.17. The molecular formula is C19H28ClN3O2. The van der Waals surface area contributed by atoms with Gasteiger partial charge < -0.3 is 10.1 Å². The highest BCUT2D eigenvalue weighted by molar-refractivity contribution is 6.31. The number of amides is 1. The molecule has 0 atom stereocenters. The molecule has 1 aliphatic heterocycles. The van der Waals surface area contributed by atoms with Crippen molar-refractivity contribution in [3.05, 3.63) is 22.7 Å². The number of piperazine rings is 1. The molecule has 0 unspecified atom stereocenters. The quantitative estimate of drug-likeness (QED) is 0.870. The van der Waals surface area contributed by atoms with Gasteiger partial charge in [-0.25, -0.2) is 0 Å². The number of hydrogen-bond acceptors (Lipinski definition) is 4. The maximum atomic E-state index is 12.4. The lowest BCUT2D eigenvalue weighted by Crippen LogP contribution is -2.51. The Morgan fingerprint density at radius 3 is 2.56 bits per heavy atom. The van der Waals surface area contributed by atoms with Crippen molar-refractivity contribution in [2.75, 3.05) is 45.2 Å². The van der Waals surface area contributed by atoms with E-state index < -0.39 is 0 Å². The number of anilines is 1. The molecule has 0 spiro atoms. The molecule has 6 heteroatoms. The molecule has 3 rings (SSSR count). The average molecular weight is 366 g/mol. The van der Waals surface area contributed by atoms with E-state index in [4.69, 9.17) is 16.3 Å². The van der Waals surface area contributed by atoms with Crippen LogP contribution in [0.5, 0.6) is 5.75 Å². The van der Waals surface area contributed by atoms with Crippen molar-refractivity contribution in [3.8, 4) is 5.75 Å². The van der Waals surface area contributed by atoms with E-state index in [1.165, 1.54) is 25.7 Å². The zero-order chi connectivity index (χ0) is 17.8. The minimum atomic E-state index is -0.00524. The fourth-order valence-electron chi connectivity index (χ4n) is 3.88. The molecule has 1 aliphatic carbocycles. The van der Waals surface area contributed by atoms with Crippen LogP contribution in [0.25, 0.3) is 0 Å². The van der Waals surface area contributed by atoms with Gasteiger partial charge in [0.1, 0.15) is 5.75 Å². The minimum Gasteiger partial charge on any atom is -0.495 e. The van der Waals surface area contributed by atoms with E-state index >= 15 is 0 Å². The lowest BCUT2D eigenvalue weighted by atomic mass is 10.2. The van der Waals surface area contributed by atoms with E-state index in [-0.39, 0.29) is 5.91 Å². The largest absolute Gasteiger partial charge is 0.495 e. The zero-order valence-electron chi connectivity index (χ0n) is 15.2. The molecule has 0 aromatic heterocycles. The summed E-state index contributed by atoms with van der Waals surface area (Å²) in [6, 6.07) is 4.38. The van der Waals surface area contributed by atoms with Crippen LogP contribution in [0.15, 0.2) is 12.1 Å². The predicted molar refractivity (Wildman–Crippen MR) is 102 cm³/mol. The maximum Gasteiger partial charge on any atom is 0.238 e. The van der Waals surface area contributed by atoms with Crippen LogP contribution >= 0.6 is 11.6 Å². The third kappa shape index (κ3) is 4.66. The molecule has 25 heavy (non-hydrogen) atoms. The third-order valence-electron chi connectivity index (χ3n) is 5.37. The van der Waals surface area contributed by atoms with Crippen LogP contribution < -0.4 is 10.1 Å². The molecule has 1 aromatic carbocycles. The number of benzene rings is 1. The first-order chi connectivity index (χ1) is 12.1. The molecule has 1 amide bonds. The number of nitrogens with one attached hydrogen (secondary N) is 1. The highest BCUT2D eigenvalue weighted by Gasteiger charge is 2.26. The Hall–Kier alpha value is -1.30. The second-order valence-corrected chi connectivity index (χ2v) is 7.51. The Balaban J connectivity index is 1.51. The van der Waals surface area contributed by atoms with Crippen molar-refractivity contribution in [1.82, 2.24) is 9.80 Å². The van der Waals surface area contributed by atoms with Gasteiger partial charge in [-0.2, -0.15) is 0 Å². The maximum absolute atomic E-state index is 12.4. The molecule has 0 bridgehead atoms. The molecule has 1 heterocycles. The van der Waals surface area contributed by atoms with E-state index in [2.05, 4.69) is 15.1 Å². The summed E-state index contributed by atoms with van der Waals surface area (Å²) in [5, 5.41) is 3.60. The number of nitrogens with zero attached hydrogens (tertiary/aromatic N) is 2. The Morgan fingerprint density at radius 2 is 1.92 bits per heavy atom. The number of carbonyl (C=O) groups is 1. The monoisotopic (exact) mass is 365 g/mol. The topological polar surface area (TPSA) is 44.8 Å². The van der Waals surface area contributed by atoms with Gasteiger partial charge in [-0.05, 0) is 31.4 Å². The van der Waals surface area contributed by atoms with Gasteiger partial charge in [0.05, 0.1) is 19.3 Å². The molecule has 5 nitrogen and oxygen atoms in total. The number of methoxy groups -OCH3 is 1. The van der Waals surface area contributed by atoms with Crippen LogP contribution in [-0.4, -0.2) is 61.6 Å². The number of aryl methyl sites for hydroxylation is 1. The van der Waals surface area contributed by atoms with E-state index in [0.29, 0.717) is 23.0 Å². The van der Waals surface area contributed by atoms with Crippen molar-refractivity contribution in [3.63, 3.8) is 0 Å². The van der Waals surface area contributed by atoms with Crippen LogP contribution in [0.4, 0.5) is 5.69 Å². The van der Waals surface area contributed by atoms with Crippen LogP contribution in [0.3, 0.4) is 0 Å². The summed E-state index contributed by atoms with van der Waals surface area (Å²) in [6.45, 7) is 6.40. The minimum absolute atomic E-state index is 0.00524. The number of carbonyl (C=O) groups excluding carboxylic acids is 1. The normalized spacial score (nSPS) is 20.0. The van der Waals surface area contributed by atoms with E-state index in [9.17, 15) is 4.79 Å². The fraction of sp³-hybridized carbons (Fsp3) is 0.632. The van der Waals surface area contributed by atoms with Crippen molar-refractivity contribution in [2.24, 2.45) is 0 Å². The van der Waals surface area contributed by atoms with E-state index in [0.717, 1.165) is 37.8 Å². The molecule has 0 radical (unpaired) electrons. The number of rotatable bonds is 5. The Bertz CT molecular complexity index is 609. The van der Waals surface area contributed by atoms with Crippen molar-refractivity contribution in [1.29, 1.82) is 0 Å². The van der Waals surface area contributed by atoms with Gasteiger partial charge in [-0.15, -0.1) is 0 Å². The zero-order valence-corrected chi connectivity index (χ0v) is 15.9. The molecule has 1 aromatic rings. The fourth-order valence-corrected chi connectivity index (χ4v) is 4.03. The average Bonchev–Trinajstić information content (AvgIpc) is 3.13. The van der Waals surface area contributed by atoms with Crippen molar-refractivity contribution >= 4 is 23.2 Å². The summed E-state index contributed by atoms with van der Waals surface area (Å²) >= 11 is 6.12. The third-order valence-corrected chi connectivity index (χ3v) is 5.78. The summed E-state index contributed by atoms with van der Waals surface area (Å²) in [5.74, 6) is 0.587. The van der Waals surface area contributed by atoms with Gasteiger partial charge in [0.2, 0.25) is 5.91 Å².